The summed E-state index contributed by atoms with van der Waals surface area (Å²) in [6.07, 6.45) is 1.57. The van der Waals surface area contributed by atoms with E-state index >= 15 is 0 Å². The predicted octanol–water partition coefficient (Wildman–Crippen LogP) is 2.90. The average Bonchev–Trinajstić information content (AvgIpc) is 2.76. The van der Waals surface area contributed by atoms with Gasteiger partial charge in [0.05, 0.1) is 6.20 Å². The van der Waals surface area contributed by atoms with Crippen molar-refractivity contribution < 1.29 is 4.74 Å². The summed E-state index contributed by atoms with van der Waals surface area (Å²) in [5, 5.41) is 9.48. The standard InChI is InChI=1S/C12H10N2OS/c1-9-4-2-3-5-11(9)15-8-12-14-7-10(6-13)16-12/h2-5,7H,8H2,1H3. The smallest absolute Gasteiger partial charge is 0.140 e. The highest BCUT2D eigenvalue weighted by Crippen LogP contribution is 2.19. The third kappa shape index (κ3) is 2.38. The van der Waals surface area contributed by atoms with Gasteiger partial charge in [-0.05, 0) is 18.6 Å². The molecular formula is C12H10N2OS. The number of rotatable bonds is 3. The van der Waals surface area contributed by atoms with Crippen LogP contribution in [0.3, 0.4) is 0 Å². The molecule has 0 N–H and O–H groups in total. The lowest BCUT2D eigenvalue weighted by Crippen LogP contribution is -1.95. The molecule has 0 amide bonds. The molecule has 0 saturated heterocycles. The molecule has 0 spiro atoms. The van der Waals surface area contributed by atoms with Crippen LogP contribution in [0, 0.1) is 18.3 Å². The molecule has 2 rings (SSSR count). The Bertz CT molecular complexity index is 528. The maximum absolute atomic E-state index is 8.66. The summed E-state index contributed by atoms with van der Waals surface area (Å²) in [5.41, 5.74) is 1.10. The highest BCUT2D eigenvalue weighted by atomic mass is 32.1. The van der Waals surface area contributed by atoms with Crippen molar-refractivity contribution >= 4 is 11.3 Å². The molecule has 16 heavy (non-hydrogen) atoms. The highest BCUT2D eigenvalue weighted by molar-refractivity contribution is 7.12. The van der Waals surface area contributed by atoms with Crippen molar-refractivity contribution in [3.63, 3.8) is 0 Å². The zero-order chi connectivity index (χ0) is 11.4. The van der Waals surface area contributed by atoms with Gasteiger partial charge >= 0.3 is 0 Å². The van der Waals surface area contributed by atoms with Gasteiger partial charge in [-0.3, -0.25) is 0 Å². The topological polar surface area (TPSA) is 45.9 Å². The Labute approximate surface area is 97.9 Å². The molecule has 0 unspecified atom stereocenters. The van der Waals surface area contributed by atoms with Crippen LogP contribution >= 0.6 is 11.3 Å². The Morgan fingerprint density at radius 1 is 1.44 bits per heavy atom. The van der Waals surface area contributed by atoms with Gasteiger partial charge in [0.15, 0.2) is 0 Å². The second-order valence-electron chi connectivity index (χ2n) is 3.28. The zero-order valence-electron chi connectivity index (χ0n) is 8.80. The lowest BCUT2D eigenvalue weighted by molar-refractivity contribution is 0.303. The van der Waals surface area contributed by atoms with Gasteiger partial charge in [0.1, 0.15) is 28.3 Å². The van der Waals surface area contributed by atoms with Gasteiger partial charge in [0.2, 0.25) is 0 Å². The van der Waals surface area contributed by atoms with Gasteiger partial charge in [-0.1, -0.05) is 18.2 Å². The van der Waals surface area contributed by atoms with E-state index in [4.69, 9.17) is 10.00 Å². The van der Waals surface area contributed by atoms with E-state index in [-0.39, 0.29) is 0 Å². The Morgan fingerprint density at radius 3 is 2.94 bits per heavy atom. The molecule has 0 aliphatic heterocycles. The zero-order valence-corrected chi connectivity index (χ0v) is 9.62. The van der Waals surface area contributed by atoms with Crippen LogP contribution in [0.1, 0.15) is 15.4 Å². The van der Waals surface area contributed by atoms with E-state index in [0.717, 1.165) is 16.3 Å². The summed E-state index contributed by atoms with van der Waals surface area (Å²) in [6, 6.07) is 9.89. The van der Waals surface area contributed by atoms with Gasteiger partial charge < -0.3 is 4.74 Å². The maximum atomic E-state index is 8.66. The molecule has 4 heteroatoms. The first-order valence-electron chi connectivity index (χ1n) is 4.83. The molecule has 0 aliphatic rings. The molecule has 0 saturated carbocycles. The SMILES string of the molecule is Cc1ccccc1OCc1ncc(C#N)s1. The number of hydrogen-bond donors (Lipinski definition) is 0. The molecule has 0 bridgehead atoms. The van der Waals surface area contributed by atoms with Crippen molar-refractivity contribution in [2.75, 3.05) is 0 Å². The van der Waals surface area contributed by atoms with E-state index in [0.29, 0.717) is 11.5 Å². The number of aromatic nitrogens is 1. The van der Waals surface area contributed by atoms with Crippen molar-refractivity contribution in [1.82, 2.24) is 4.98 Å². The predicted molar refractivity (Wildman–Crippen MR) is 62.3 cm³/mol. The number of thiazole rings is 1. The molecule has 0 fully saturated rings. The molecule has 0 radical (unpaired) electrons. The summed E-state index contributed by atoms with van der Waals surface area (Å²) < 4.78 is 5.62. The van der Waals surface area contributed by atoms with E-state index in [1.54, 1.807) is 6.20 Å². The van der Waals surface area contributed by atoms with Crippen molar-refractivity contribution in [1.29, 1.82) is 5.26 Å². The number of aryl methyl sites for hydroxylation is 1. The molecule has 1 aromatic heterocycles. The fraction of sp³-hybridized carbons (Fsp3) is 0.167. The van der Waals surface area contributed by atoms with Gasteiger partial charge in [0.25, 0.3) is 0 Å². The molecule has 0 aliphatic carbocycles. The third-order valence-corrected chi connectivity index (χ3v) is 2.98. The highest BCUT2D eigenvalue weighted by Gasteiger charge is 2.03. The number of ether oxygens (including phenoxy) is 1. The van der Waals surface area contributed by atoms with Gasteiger partial charge in [-0.15, -0.1) is 11.3 Å². The Morgan fingerprint density at radius 2 is 2.25 bits per heavy atom. The number of para-hydroxylation sites is 1. The third-order valence-electron chi connectivity index (χ3n) is 2.11. The molecule has 2 aromatic rings. The minimum absolute atomic E-state index is 0.414. The van der Waals surface area contributed by atoms with Crippen molar-refractivity contribution in [3.05, 3.63) is 45.9 Å². The summed E-state index contributed by atoms with van der Waals surface area (Å²) in [7, 11) is 0. The summed E-state index contributed by atoms with van der Waals surface area (Å²) in [4.78, 5) is 4.72. The van der Waals surface area contributed by atoms with E-state index in [1.165, 1.54) is 11.3 Å². The fourth-order valence-electron chi connectivity index (χ4n) is 1.29. The molecule has 1 aromatic carbocycles. The lowest BCUT2D eigenvalue weighted by Gasteiger charge is -2.06. The second-order valence-corrected chi connectivity index (χ2v) is 4.40. The van der Waals surface area contributed by atoms with Crippen LogP contribution in [0.15, 0.2) is 30.5 Å². The Kier molecular flexibility index (Phi) is 3.18. The normalized spacial score (nSPS) is 9.75. The minimum atomic E-state index is 0.414. The first-order chi connectivity index (χ1) is 7.79. The van der Waals surface area contributed by atoms with Crippen LogP contribution in [0.4, 0.5) is 0 Å². The van der Waals surface area contributed by atoms with Gasteiger partial charge in [-0.25, -0.2) is 4.98 Å². The minimum Gasteiger partial charge on any atom is -0.486 e. The van der Waals surface area contributed by atoms with Crippen molar-refractivity contribution in [2.24, 2.45) is 0 Å². The number of benzene rings is 1. The van der Waals surface area contributed by atoms with E-state index in [1.807, 2.05) is 31.2 Å². The lowest BCUT2D eigenvalue weighted by atomic mass is 10.2. The average molecular weight is 230 g/mol. The van der Waals surface area contributed by atoms with Crippen LogP contribution in [0.5, 0.6) is 5.75 Å². The first kappa shape index (κ1) is 10.7. The van der Waals surface area contributed by atoms with Crippen molar-refractivity contribution in [2.45, 2.75) is 13.5 Å². The second kappa shape index (κ2) is 4.77. The molecular weight excluding hydrogens is 220 g/mol. The quantitative estimate of drug-likeness (QED) is 0.814. The van der Waals surface area contributed by atoms with Crippen LogP contribution in [0.2, 0.25) is 0 Å². The summed E-state index contributed by atoms with van der Waals surface area (Å²) in [5.74, 6) is 0.858. The van der Waals surface area contributed by atoms with E-state index in [9.17, 15) is 0 Å². The largest absolute Gasteiger partial charge is 0.486 e. The van der Waals surface area contributed by atoms with E-state index in [2.05, 4.69) is 11.1 Å². The van der Waals surface area contributed by atoms with Gasteiger partial charge in [-0.2, -0.15) is 5.26 Å². The van der Waals surface area contributed by atoms with Crippen LogP contribution < -0.4 is 4.74 Å². The first-order valence-corrected chi connectivity index (χ1v) is 5.64. The fourth-order valence-corrected chi connectivity index (χ4v) is 1.91. The molecule has 80 valence electrons. The maximum Gasteiger partial charge on any atom is 0.140 e. The van der Waals surface area contributed by atoms with Crippen LogP contribution in [0.25, 0.3) is 0 Å². The van der Waals surface area contributed by atoms with Crippen LogP contribution in [-0.2, 0) is 6.61 Å². The molecule has 3 nitrogen and oxygen atoms in total. The Balaban J connectivity index is 2.03. The summed E-state index contributed by atoms with van der Waals surface area (Å²) >= 11 is 1.36. The Hall–Kier alpha value is -1.86. The number of nitriles is 1. The monoisotopic (exact) mass is 230 g/mol. The number of hydrogen-bond acceptors (Lipinski definition) is 4. The molecule has 0 atom stereocenters. The molecule has 1 heterocycles. The van der Waals surface area contributed by atoms with Gasteiger partial charge in [0, 0.05) is 0 Å². The van der Waals surface area contributed by atoms with Crippen molar-refractivity contribution in [3.8, 4) is 11.8 Å². The summed E-state index contributed by atoms with van der Waals surface area (Å²) in [6.45, 7) is 2.41. The number of nitrogens with zero attached hydrogens (tertiary/aromatic N) is 2. The van der Waals surface area contributed by atoms with Crippen LogP contribution in [-0.4, -0.2) is 4.98 Å². The van der Waals surface area contributed by atoms with E-state index < -0.39 is 0 Å².